The van der Waals surface area contributed by atoms with Gasteiger partial charge in [0.05, 0.1) is 17.2 Å². The number of halogens is 4. The molecule has 9 heteroatoms. The van der Waals surface area contributed by atoms with Crippen LogP contribution in [0.25, 0.3) is 10.9 Å². The number of fused-ring (bicyclic) bond motifs is 1. The molecule has 31 heavy (non-hydrogen) atoms. The summed E-state index contributed by atoms with van der Waals surface area (Å²) in [6.45, 7) is 2.20. The summed E-state index contributed by atoms with van der Waals surface area (Å²) in [6.07, 6.45) is 2.62. The van der Waals surface area contributed by atoms with E-state index < -0.39 is 29.3 Å². The zero-order valence-electron chi connectivity index (χ0n) is 16.9. The number of amides is 1. The Labute approximate surface area is 176 Å². The minimum atomic E-state index is -4.68. The predicted molar refractivity (Wildman–Crippen MR) is 108 cm³/mol. The monoisotopic (exact) mass is 434 g/mol. The van der Waals surface area contributed by atoms with Crippen LogP contribution in [0.2, 0.25) is 0 Å². The third-order valence-electron chi connectivity index (χ3n) is 5.90. The fourth-order valence-corrected chi connectivity index (χ4v) is 4.07. The van der Waals surface area contributed by atoms with Gasteiger partial charge in [-0.2, -0.15) is 18.3 Å². The van der Waals surface area contributed by atoms with Crippen LogP contribution in [0.5, 0.6) is 0 Å². The highest BCUT2D eigenvalue weighted by Crippen LogP contribution is 2.34. The SMILES string of the molecule is CCC1CCC(n2cc3cc(NC(=O)c4cccc(C(F)(F)F)n4)c(F)cc3n2)CC1. The van der Waals surface area contributed by atoms with Gasteiger partial charge in [0.15, 0.2) is 0 Å². The molecule has 0 spiro atoms. The van der Waals surface area contributed by atoms with Crippen molar-refractivity contribution in [2.24, 2.45) is 5.92 Å². The first kappa shape index (κ1) is 21.3. The van der Waals surface area contributed by atoms with E-state index in [1.807, 2.05) is 10.9 Å². The number of hydrogen-bond acceptors (Lipinski definition) is 3. The molecular weight excluding hydrogens is 412 g/mol. The van der Waals surface area contributed by atoms with E-state index in [2.05, 4.69) is 22.3 Å². The number of hydrogen-bond donors (Lipinski definition) is 1. The Bertz CT molecular complexity index is 1100. The average Bonchev–Trinajstić information content (AvgIpc) is 3.16. The van der Waals surface area contributed by atoms with E-state index in [9.17, 15) is 22.4 Å². The van der Waals surface area contributed by atoms with Crippen LogP contribution in [0.15, 0.2) is 36.5 Å². The summed E-state index contributed by atoms with van der Waals surface area (Å²) in [7, 11) is 0. The molecule has 0 bridgehead atoms. The average molecular weight is 434 g/mol. The normalized spacial score (nSPS) is 19.5. The van der Waals surface area contributed by atoms with Crippen LogP contribution >= 0.6 is 0 Å². The Morgan fingerprint density at radius 2 is 1.94 bits per heavy atom. The Hall–Kier alpha value is -2.97. The van der Waals surface area contributed by atoms with Crippen molar-refractivity contribution in [2.45, 2.75) is 51.2 Å². The van der Waals surface area contributed by atoms with Crippen LogP contribution < -0.4 is 5.32 Å². The first-order valence-electron chi connectivity index (χ1n) is 10.3. The lowest BCUT2D eigenvalue weighted by Gasteiger charge is -2.27. The van der Waals surface area contributed by atoms with Crippen molar-refractivity contribution in [3.05, 3.63) is 53.7 Å². The van der Waals surface area contributed by atoms with Crippen LogP contribution in [-0.2, 0) is 6.18 Å². The highest BCUT2D eigenvalue weighted by Gasteiger charge is 2.33. The quantitative estimate of drug-likeness (QED) is 0.514. The van der Waals surface area contributed by atoms with Crippen molar-refractivity contribution >= 4 is 22.5 Å². The molecule has 1 aliphatic carbocycles. The molecule has 3 aromatic rings. The second-order valence-electron chi connectivity index (χ2n) is 7.94. The van der Waals surface area contributed by atoms with Gasteiger partial charge in [0, 0.05) is 17.6 Å². The van der Waals surface area contributed by atoms with E-state index in [1.54, 1.807) is 0 Å². The number of benzene rings is 1. The van der Waals surface area contributed by atoms with Gasteiger partial charge in [-0.3, -0.25) is 9.48 Å². The van der Waals surface area contributed by atoms with Gasteiger partial charge in [-0.1, -0.05) is 19.4 Å². The van der Waals surface area contributed by atoms with Gasteiger partial charge in [0.25, 0.3) is 5.91 Å². The van der Waals surface area contributed by atoms with E-state index >= 15 is 0 Å². The Kier molecular flexibility index (Phi) is 5.68. The lowest BCUT2D eigenvalue weighted by atomic mass is 9.85. The lowest BCUT2D eigenvalue weighted by Crippen LogP contribution is -2.18. The molecule has 164 valence electrons. The van der Waals surface area contributed by atoms with Gasteiger partial charge in [-0.25, -0.2) is 9.37 Å². The molecule has 1 aromatic carbocycles. The molecule has 4 rings (SSSR count). The first-order chi connectivity index (χ1) is 14.7. The van der Waals surface area contributed by atoms with Crippen molar-refractivity contribution in [3.63, 3.8) is 0 Å². The van der Waals surface area contributed by atoms with Crippen LogP contribution in [-0.4, -0.2) is 20.7 Å². The number of pyridine rings is 1. The van der Waals surface area contributed by atoms with Crippen molar-refractivity contribution in [1.29, 1.82) is 0 Å². The van der Waals surface area contributed by atoms with E-state index in [-0.39, 0.29) is 11.7 Å². The molecule has 1 amide bonds. The van der Waals surface area contributed by atoms with Crippen LogP contribution in [0.4, 0.5) is 23.2 Å². The van der Waals surface area contributed by atoms with Crippen molar-refractivity contribution in [2.75, 3.05) is 5.32 Å². The summed E-state index contributed by atoms with van der Waals surface area (Å²) in [6, 6.07) is 5.92. The van der Waals surface area contributed by atoms with E-state index in [0.717, 1.165) is 49.8 Å². The number of rotatable bonds is 4. The van der Waals surface area contributed by atoms with Gasteiger partial charge < -0.3 is 5.32 Å². The zero-order valence-corrected chi connectivity index (χ0v) is 16.9. The van der Waals surface area contributed by atoms with Gasteiger partial charge in [0.2, 0.25) is 0 Å². The smallest absolute Gasteiger partial charge is 0.318 e. The maximum Gasteiger partial charge on any atom is 0.433 e. The molecule has 2 heterocycles. The second kappa shape index (κ2) is 8.28. The van der Waals surface area contributed by atoms with E-state index in [0.29, 0.717) is 10.9 Å². The predicted octanol–water partition coefficient (Wildman–Crippen LogP) is 5.98. The number of nitrogens with one attached hydrogen (secondary N) is 1. The van der Waals surface area contributed by atoms with E-state index in [4.69, 9.17) is 0 Å². The number of carbonyl (C=O) groups excluding carboxylic acids is 1. The minimum Gasteiger partial charge on any atom is -0.318 e. The third-order valence-corrected chi connectivity index (χ3v) is 5.90. The summed E-state index contributed by atoms with van der Waals surface area (Å²) in [5, 5.41) is 7.46. The Morgan fingerprint density at radius 3 is 2.61 bits per heavy atom. The maximum absolute atomic E-state index is 14.5. The van der Waals surface area contributed by atoms with Crippen LogP contribution in [0.1, 0.15) is 61.3 Å². The summed E-state index contributed by atoms with van der Waals surface area (Å²) in [5.74, 6) is -0.896. The van der Waals surface area contributed by atoms with Crippen LogP contribution in [0.3, 0.4) is 0 Å². The van der Waals surface area contributed by atoms with Crippen molar-refractivity contribution in [3.8, 4) is 0 Å². The molecule has 2 aromatic heterocycles. The van der Waals surface area contributed by atoms with Gasteiger partial charge in [-0.05, 0) is 49.8 Å². The molecule has 0 atom stereocenters. The Balaban J connectivity index is 1.55. The highest BCUT2D eigenvalue weighted by molar-refractivity contribution is 6.03. The minimum absolute atomic E-state index is 0.133. The summed E-state index contributed by atoms with van der Waals surface area (Å²) >= 11 is 0. The number of aromatic nitrogens is 3. The molecule has 5 nitrogen and oxygen atoms in total. The molecule has 0 saturated heterocycles. The van der Waals surface area contributed by atoms with Crippen molar-refractivity contribution < 1.29 is 22.4 Å². The van der Waals surface area contributed by atoms with Crippen molar-refractivity contribution in [1.82, 2.24) is 14.8 Å². The van der Waals surface area contributed by atoms with Crippen LogP contribution in [0, 0.1) is 11.7 Å². The molecule has 1 fully saturated rings. The number of nitrogens with zero attached hydrogens (tertiary/aromatic N) is 3. The maximum atomic E-state index is 14.5. The highest BCUT2D eigenvalue weighted by atomic mass is 19.4. The molecule has 1 aliphatic rings. The zero-order chi connectivity index (χ0) is 22.2. The fourth-order valence-electron chi connectivity index (χ4n) is 4.07. The molecule has 0 aliphatic heterocycles. The third kappa shape index (κ3) is 4.55. The van der Waals surface area contributed by atoms with Gasteiger partial charge in [0.1, 0.15) is 17.2 Å². The topological polar surface area (TPSA) is 59.8 Å². The molecule has 0 unspecified atom stereocenters. The van der Waals surface area contributed by atoms with Gasteiger partial charge >= 0.3 is 6.18 Å². The molecular formula is C22H22F4N4O. The molecule has 1 N–H and O–H groups in total. The summed E-state index contributed by atoms with van der Waals surface area (Å²) in [4.78, 5) is 15.7. The van der Waals surface area contributed by atoms with E-state index in [1.165, 1.54) is 18.6 Å². The number of carbonyl (C=O) groups is 1. The Morgan fingerprint density at radius 1 is 1.19 bits per heavy atom. The fraction of sp³-hybridized carbons (Fsp3) is 0.409. The second-order valence-corrected chi connectivity index (χ2v) is 7.94. The molecule has 0 radical (unpaired) electrons. The number of alkyl halides is 3. The standard InChI is InChI=1S/C22H22F4N4O/c1-2-13-6-8-15(9-7-13)30-12-14-10-19(16(23)11-18(14)29-30)28-21(31)17-4-3-5-20(27-17)22(24,25)26/h3-5,10-13,15H,2,6-9H2,1H3,(H,28,31). The number of anilines is 1. The molecule has 1 saturated carbocycles. The largest absolute Gasteiger partial charge is 0.433 e. The lowest BCUT2D eigenvalue weighted by molar-refractivity contribution is -0.141. The van der Waals surface area contributed by atoms with Gasteiger partial charge in [-0.15, -0.1) is 0 Å². The summed E-state index contributed by atoms with van der Waals surface area (Å²) in [5.41, 5.74) is -1.30. The first-order valence-corrected chi connectivity index (χ1v) is 10.3. The summed E-state index contributed by atoms with van der Waals surface area (Å²) < 4.78 is 54.9.